The number of hydrogen-bond acceptors (Lipinski definition) is 3. The molecular weight excluding hydrogens is 286 g/mol. The highest BCUT2D eigenvalue weighted by Gasteiger charge is 2.11. The molecule has 1 heterocycles. The molecule has 0 N–H and O–H groups in total. The zero-order valence-electron chi connectivity index (χ0n) is 13.8. The Morgan fingerprint density at radius 2 is 1.74 bits per heavy atom. The van der Waals surface area contributed by atoms with Crippen molar-refractivity contribution in [3.05, 3.63) is 66.0 Å². The summed E-state index contributed by atoms with van der Waals surface area (Å²) in [5.74, 6) is 0.980. The summed E-state index contributed by atoms with van der Waals surface area (Å²) in [4.78, 5) is 6.87. The Morgan fingerprint density at radius 1 is 1.00 bits per heavy atom. The van der Waals surface area contributed by atoms with E-state index in [-0.39, 0.29) is 0 Å². The van der Waals surface area contributed by atoms with E-state index in [9.17, 15) is 0 Å². The molecule has 0 bridgehead atoms. The van der Waals surface area contributed by atoms with Gasteiger partial charge < -0.3 is 14.2 Å². The lowest BCUT2D eigenvalue weighted by molar-refractivity contribution is 0.0989. The third-order valence-corrected chi connectivity index (χ3v) is 3.83. The molecule has 0 aliphatic carbocycles. The molecule has 4 nitrogen and oxygen atoms in total. The van der Waals surface area contributed by atoms with E-state index in [4.69, 9.17) is 9.72 Å². The van der Waals surface area contributed by atoms with Gasteiger partial charge >= 0.3 is 0 Å². The minimum absolute atomic E-state index is 0.537. The Bertz CT molecular complexity index is 750. The zero-order valence-corrected chi connectivity index (χ0v) is 13.8. The van der Waals surface area contributed by atoms with Crippen molar-refractivity contribution in [3.8, 4) is 0 Å². The first-order valence-corrected chi connectivity index (χ1v) is 7.94. The van der Waals surface area contributed by atoms with Crippen molar-refractivity contribution >= 4 is 11.0 Å². The van der Waals surface area contributed by atoms with Gasteiger partial charge in [-0.2, -0.15) is 0 Å². The van der Waals surface area contributed by atoms with Gasteiger partial charge in [-0.15, -0.1) is 0 Å². The molecule has 0 fully saturated rings. The molecule has 0 aliphatic heterocycles. The molecule has 2 aromatic carbocycles. The predicted octanol–water partition coefficient (Wildman–Crippen LogP) is 3.16. The number of hydrogen-bond donors (Lipinski definition) is 0. The molecule has 1 aromatic heterocycles. The highest BCUT2D eigenvalue weighted by molar-refractivity contribution is 5.76. The standard InChI is InChI=1S/C19H23N3O/c1-21(2)12-13-23-15-19-20-17-10-6-7-11-18(17)22(19)14-16-8-4-3-5-9-16/h3-11H,12-15H2,1-2H3. The Kier molecular flexibility index (Phi) is 5.05. The molecule has 0 aliphatic rings. The van der Waals surface area contributed by atoms with Crippen LogP contribution in [0.15, 0.2) is 54.6 Å². The first kappa shape index (κ1) is 15.7. The van der Waals surface area contributed by atoms with Crippen molar-refractivity contribution in [2.75, 3.05) is 27.2 Å². The van der Waals surface area contributed by atoms with Crippen LogP contribution >= 0.6 is 0 Å². The molecule has 0 amide bonds. The van der Waals surface area contributed by atoms with Gasteiger partial charge in [-0.1, -0.05) is 42.5 Å². The molecule has 0 spiro atoms. The van der Waals surface area contributed by atoms with Gasteiger partial charge in [0.2, 0.25) is 0 Å². The highest BCUT2D eigenvalue weighted by Crippen LogP contribution is 2.18. The van der Waals surface area contributed by atoms with Crippen LogP contribution in [-0.4, -0.2) is 41.7 Å². The van der Waals surface area contributed by atoms with Crippen molar-refractivity contribution in [2.45, 2.75) is 13.2 Å². The van der Waals surface area contributed by atoms with Gasteiger partial charge in [-0.25, -0.2) is 4.98 Å². The lowest BCUT2D eigenvalue weighted by atomic mass is 10.2. The number of likely N-dealkylation sites (N-methyl/N-ethyl adjacent to an activating group) is 1. The van der Waals surface area contributed by atoms with Gasteiger partial charge in [0.1, 0.15) is 12.4 Å². The SMILES string of the molecule is CN(C)CCOCc1nc2ccccc2n1Cc1ccccc1. The number of ether oxygens (including phenoxy) is 1. The third-order valence-electron chi connectivity index (χ3n) is 3.83. The Balaban J connectivity index is 1.83. The molecule has 0 saturated heterocycles. The van der Waals surface area contributed by atoms with Gasteiger partial charge in [0, 0.05) is 13.1 Å². The number of fused-ring (bicyclic) bond motifs is 1. The van der Waals surface area contributed by atoms with E-state index >= 15 is 0 Å². The normalized spacial score (nSPS) is 11.4. The van der Waals surface area contributed by atoms with E-state index in [1.807, 2.05) is 26.2 Å². The lowest BCUT2D eigenvalue weighted by Gasteiger charge is -2.12. The number of imidazole rings is 1. The second kappa shape index (κ2) is 7.40. The van der Waals surface area contributed by atoms with Crippen LogP contribution in [0.5, 0.6) is 0 Å². The van der Waals surface area contributed by atoms with Gasteiger partial charge in [-0.05, 0) is 31.8 Å². The molecule has 0 radical (unpaired) electrons. The minimum atomic E-state index is 0.537. The summed E-state index contributed by atoms with van der Waals surface area (Å²) in [6.07, 6.45) is 0. The molecule has 23 heavy (non-hydrogen) atoms. The molecule has 3 aromatic rings. The Morgan fingerprint density at radius 3 is 2.52 bits per heavy atom. The van der Waals surface area contributed by atoms with E-state index in [0.717, 1.165) is 29.9 Å². The largest absolute Gasteiger partial charge is 0.372 e. The first-order chi connectivity index (χ1) is 11.2. The summed E-state index contributed by atoms with van der Waals surface area (Å²) >= 11 is 0. The third kappa shape index (κ3) is 3.97. The van der Waals surface area contributed by atoms with E-state index in [1.54, 1.807) is 0 Å². The molecular formula is C19H23N3O. The molecule has 0 saturated carbocycles. The van der Waals surface area contributed by atoms with Gasteiger partial charge in [0.05, 0.1) is 17.6 Å². The second-order valence-electron chi connectivity index (χ2n) is 5.94. The van der Waals surface area contributed by atoms with Crippen LogP contribution in [0.25, 0.3) is 11.0 Å². The summed E-state index contributed by atoms with van der Waals surface area (Å²) in [5.41, 5.74) is 3.45. The topological polar surface area (TPSA) is 30.3 Å². The number of para-hydroxylation sites is 2. The number of benzene rings is 2. The van der Waals surface area contributed by atoms with Gasteiger partial charge in [-0.3, -0.25) is 0 Å². The summed E-state index contributed by atoms with van der Waals surface area (Å²) in [7, 11) is 4.10. The van der Waals surface area contributed by atoms with Crippen LogP contribution in [0.4, 0.5) is 0 Å². The zero-order chi connectivity index (χ0) is 16.1. The smallest absolute Gasteiger partial charge is 0.136 e. The maximum absolute atomic E-state index is 5.81. The summed E-state index contributed by atoms with van der Waals surface area (Å²) in [6.45, 7) is 2.98. The maximum Gasteiger partial charge on any atom is 0.136 e. The lowest BCUT2D eigenvalue weighted by Crippen LogP contribution is -2.18. The van der Waals surface area contributed by atoms with Crippen molar-refractivity contribution in [1.29, 1.82) is 0 Å². The molecule has 0 atom stereocenters. The van der Waals surface area contributed by atoms with Crippen LogP contribution in [-0.2, 0) is 17.9 Å². The summed E-state index contributed by atoms with van der Waals surface area (Å²) in [6, 6.07) is 18.7. The van der Waals surface area contributed by atoms with Crippen molar-refractivity contribution < 1.29 is 4.74 Å². The summed E-state index contributed by atoms with van der Waals surface area (Å²) in [5, 5.41) is 0. The van der Waals surface area contributed by atoms with Crippen molar-refractivity contribution in [1.82, 2.24) is 14.5 Å². The fourth-order valence-electron chi connectivity index (χ4n) is 2.59. The van der Waals surface area contributed by atoms with Gasteiger partial charge in [0.25, 0.3) is 0 Å². The average molecular weight is 309 g/mol. The van der Waals surface area contributed by atoms with Crippen molar-refractivity contribution in [2.24, 2.45) is 0 Å². The highest BCUT2D eigenvalue weighted by atomic mass is 16.5. The second-order valence-corrected chi connectivity index (χ2v) is 5.94. The van der Waals surface area contributed by atoms with Gasteiger partial charge in [0.15, 0.2) is 0 Å². The fourth-order valence-corrected chi connectivity index (χ4v) is 2.59. The molecule has 3 rings (SSSR count). The predicted molar refractivity (Wildman–Crippen MR) is 93.5 cm³/mol. The van der Waals surface area contributed by atoms with Crippen LogP contribution in [0.2, 0.25) is 0 Å². The minimum Gasteiger partial charge on any atom is -0.372 e. The maximum atomic E-state index is 5.81. The molecule has 0 unspecified atom stereocenters. The van der Waals surface area contributed by atoms with E-state index in [1.165, 1.54) is 5.56 Å². The number of aromatic nitrogens is 2. The quantitative estimate of drug-likeness (QED) is 0.628. The van der Waals surface area contributed by atoms with Crippen LogP contribution in [0.1, 0.15) is 11.4 Å². The monoisotopic (exact) mass is 309 g/mol. The first-order valence-electron chi connectivity index (χ1n) is 7.94. The van der Waals surface area contributed by atoms with Crippen molar-refractivity contribution in [3.63, 3.8) is 0 Å². The fraction of sp³-hybridized carbons (Fsp3) is 0.316. The van der Waals surface area contributed by atoms with E-state index < -0.39 is 0 Å². The Hall–Kier alpha value is -2.17. The number of rotatable bonds is 7. The molecule has 120 valence electrons. The van der Waals surface area contributed by atoms with E-state index in [2.05, 4.69) is 51.9 Å². The van der Waals surface area contributed by atoms with Crippen LogP contribution in [0.3, 0.4) is 0 Å². The van der Waals surface area contributed by atoms with Crippen LogP contribution < -0.4 is 0 Å². The van der Waals surface area contributed by atoms with E-state index in [0.29, 0.717) is 13.2 Å². The Labute approximate surface area is 137 Å². The number of nitrogens with zero attached hydrogens (tertiary/aromatic N) is 3. The van der Waals surface area contributed by atoms with Crippen LogP contribution in [0, 0.1) is 0 Å². The molecule has 4 heteroatoms. The summed E-state index contributed by atoms with van der Waals surface area (Å²) < 4.78 is 8.06. The average Bonchev–Trinajstić information content (AvgIpc) is 2.90.